The lowest BCUT2D eigenvalue weighted by atomic mass is 10.0. The largest absolute Gasteiger partial charge is 0.351 e. The first kappa shape index (κ1) is 9.85. The van der Waals surface area contributed by atoms with Crippen LogP contribution in [-0.4, -0.2) is 7.05 Å². The van der Waals surface area contributed by atoms with Gasteiger partial charge in [-0.2, -0.15) is 0 Å². The first-order chi connectivity index (χ1) is 6.06. The molecule has 0 heterocycles. The summed E-state index contributed by atoms with van der Waals surface area (Å²) in [6.45, 7) is 10.2. The minimum atomic E-state index is 1.23. The Morgan fingerprint density at radius 3 is 2.15 bits per heavy atom. The summed E-state index contributed by atoms with van der Waals surface area (Å²) < 4.78 is 0. The smallest absolute Gasteiger partial charge is 0.0435 e. The molecule has 0 atom stereocenters. The van der Waals surface area contributed by atoms with Crippen molar-refractivity contribution in [3.8, 4) is 0 Å². The molecule has 1 heteroatoms. The van der Waals surface area contributed by atoms with E-state index < -0.39 is 0 Å². The van der Waals surface area contributed by atoms with Crippen molar-refractivity contribution in [2.45, 2.75) is 20.8 Å². The lowest BCUT2D eigenvalue weighted by molar-refractivity contribution is 1.16. The second kappa shape index (κ2) is 3.65. The van der Waals surface area contributed by atoms with Gasteiger partial charge in [0.15, 0.2) is 0 Å². The third kappa shape index (κ3) is 1.92. The number of rotatable bonds is 2. The number of hydrogen-bond donors (Lipinski definition) is 0. The molecule has 0 bridgehead atoms. The van der Waals surface area contributed by atoms with Crippen LogP contribution >= 0.6 is 0 Å². The van der Waals surface area contributed by atoms with E-state index in [1.54, 1.807) is 0 Å². The fraction of sp³-hybridized carbons (Fsp3) is 0.333. The number of aryl methyl sites for hydroxylation is 3. The molecule has 0 aromatic heterocycles. The van der Waals surface area contributed by atoms with Gasteiger partial charge in [-0.15, -0.1) is 0 Å². The second-order valence-corrected chi connectivity index (χ2v) is 3.52. The molecule has 0 radical (unpaired) electrons. The van der Waals surface area contributed by atoms with Crippen LogP contribution in [0.15, 0.2) is 24.9 Å². The molecule has 0 saturated carbocycles. The second-order valence-electron chi connectivity index (χ2n) is 3.52. The van der Waals surface area contributed by atoms with Gasteiger partial charge in [-0.1, -0.05) is 12.6 Å². The number of benzene rings is 1. The third-order valence-corrected chi connectivity index (χ3v) is 2.47. The molecule has 0 saturated heterocycles. The summed E-state index contributed by atoms with van der Waals surface area (Å²) in [5.74, 6) is 0. The maximum Gasteiger partial charge on any atom is 0.0435 e. The summed E-state index contributed by atoms with van der Waals surface area (Å²) in [4.78, 5) is 2.04. The predicted molar refractivity (Wildman–Crippen MR) is 59.3 cm³/mol. The molecule has 70 valence electrons. The standard InChI is InChI=1S/C12H17N/c1-6-13(5)12-8-10(3)9(2)7-11(12)4/h6-8H,1H2,2-5H3. The van der Waals surface area contributed by atoms with Crippen LogP contribution in [0.1, 0.15) is 16.7 Å². The van der Waals surface area contributed by atoms with E-state index in [4.69, 9.17) is 0 Å². The third-order valence-electron chi connectivity index (χ3n) is 2.47. The molecule has 1 nitrogen and oxygen atoms in total. The normalized spacial score (nSPS) is 9.85. The van der Waals surface area contributed by atoms with Crippen LogP contribution in [0.4, 0.5) is 5.69 Å². The van der Waals surface area contributed by atoms with Gasteiger partial charge in [-0.3, -0.25) is 0 Å². The minimum Gasteiger partial charge on any atom is -0.351 e. The van der Waals surface area contributed by atoms with E-state index in [-0.39, 0.29) is 0 Å². The van der Waals surface area contributed by atoms with Gasteiger partial charge in [-0.05, 0) is 49.7 Å². The van der Waals surface area contributed by atoms with E-state index in [1.807, 2.05) is 18.1 Å². The van der Waals surface area contributed by atoms with E-state index >= 15 is 0 Å². The Hall–Kier alpha value is -1.24. The Morgan fingerprint density at radius 1 is 1.08 bits per heavy atom. The Kier molecular flexibility index (Phi) is 2.76. The van der Waals surface area contributed by atoms with Crippen LogP contribution in [0.5, 0.6) is 0 Å². The van der Waals surface area contributed by atoms with Gasteiger partial charge in [0.1, 0.15) is 0 Å². The molecule has 0 N–H and O–H groups in total. The Balaban J connectivity index is 3.22. The number of hydrogen-bond acceptors (Lipinski definition) is 1. The monoisotopic (exact) mass is 175 g/mol. The van der Waals surface area contributed by atoms with Crippen molar-refractivity contribution in [2.75, 3.05) is 11.9 Å². The molecule has 0 unspecified atom stereocenters. The number of nitrogens with zero attached hydrogens (tertiary/aromatic N) is 1. The van der Waals surface area contributed by atoms with Crippen molar-refractivity contribution in [2.24, 2.45) is 0 Å². The summed E-state index contributed by atoms with van der Waals surface area (Å²) in [5.41, 5.74) is 5.21. The van der Waals surface area contributed by atoms with Gasteiger partial charge in [0.25, 0.3) is 0 Å². The summed E-state index contributed by atoms with van der Waals surface area (Å²) in [7, 11) is 2.02. The zero-order valence-corrected chi connectivity index (χ0v) is 8.89. The molecular weight excluding hydrogens is 158 g/mol. The molecule has 0 fully saturated rings. The maximum absolute atomic E-state index is 3.76. The summed E-state index contributed by atoms with van der Waals surface area (Å²) in [5, 5.41) is 0. The molecule has 0 spiro atoms. The van der Waals surface area contributed by atoms with E-state index in [0.717, 1.165) is 0 Å². The van der Waals surface area contributed by atoms with E-state index in [1.165, 1.54) is 22.4 Å². The molecule has 1 rings (SSSR count). The van der Waals surface area contributed by atoms with Crippen molar-refractivity contribution in [1.29, 1.82) is 0 Å². The average molecular weight is 175 g/mol. The van der Waals surface area contributed by atoms with Crippen LogP contribution in [0.25, 0.3) is 0 Å². The summed E-state index contributed by atoms with van der Waals surface area (Å²) >= 11 is 0. The summed E-state index contributed by atoms with van der Waals surface area (Å²) in [6.07, 6.45) is 1.83. The zero-order chi connectivity index (χ0) is 10.0. The highest BCUT2D eigenvalue weighted by molar-refractivity contribution is 5.57. The molecule has 13 heavy (non-hydrogen) atoms. The lowest BCUT2D eigenvalue weighted by Crippen LogP contribution is -2.09. The van der Waals surface area contributed by atoms with Crippen LogP contribution in [0, 0.1) is 20.8 Å². The van der Waals surface area contributed by atoms with Crippen molar-refractivity contribution in [3.63, 3.8) is 0 Å². The van der Waals surface area contributed by atoms with Crippen molar-refractivity contribution >= 4 is 5.69 Å². The quantitative estimate of drug-likeness (QED) is 0.667. The molecular formula is C12H17N. The van der Waals surface area contributed by atoms with E-state index in [9.17, 15) is 0 Å². The topological polar surface area (TPSA) is 3.24 Å². The SMILES string of the molecule is C=CN(C)c1cc(C)c(C)cc1C. The highest BCUT2D eigenvalue weighted by Gasteiger charge is 2.03. The molecule has 0 aliphatic heterocycles. The first-order valence-electron chi connectivity index (χ1n) is 4.49. The number of anilines is 1. The van der Waals surface area contributed by atoms with E-state index in [2.05, 4.69) is 39.5 Å². The van der Waals surface area contributed by atoms with Crippen LogP contribution in [0.3, 0.4) is 0 Å². The highest BCUT2D eigenvalue weighted by Crippen LogP contribution is 2.22. The van der Waals surface area contributed by atoms with Crippen molar-refractivity contribution in [3.05, 3.63) is 41.6 Å². The van der Waals surface area contributed by atoms with Gasteiger partial charge in [0, 0.05) is 12.7 Å². The van der Waals surface area contributed by atoms with E-state index in [0.29, 0.717) is 0 Å². The average Bonchev–Trinajstić information content (AvgIpc) is 2.10. The molecule has 0 amide bonds. The predicted octanol–water partition coefficient (Wildman–Crippen LogP) is 3.19. The lowest BCUT2D eigenvalue weighted by Gasteiger charge is -2.18. The maximum atomic E-state index is 3.76. The van der Waals surface area contributed by atoms with Crippen LogP contribution < -0.4 is 4.90 Å². The Labute approximate surface area is 80.7 Å². The first-order valence-corrected chi connectivity index (χ1v) is 4.49. The van der Waals surface area contributed by atoms with Crippen molar-refractivity contribution in [1.82, 2.24) is 0 Å². The molecule has 0 aliphatic rings. The van der Waals surface area contributed by atoms with Gasteiger partial charge < -0.3 is 4.90 Å². The van der Waals surface area contributed by atoms with Gasteiger partial charge in [0.05, 0.1) is 0 Å². The molecule has 1 aromatic carbocycles. The Morgan fingerprint density at radius 2 is 1.62 bits per heavy atom. The molecule has 0 aliphatic carbocycles. The van der Waals surface area contributed by atoms with Crippen LogP contribution in [-0.2, 0) is 0 Å². The van der Waals surface area contributed by atoms with Gasteiger partial charge in [0.2, 0.25) is 0 Å². The highest BCUT2D eigenvalue weighted by atomic mass is 15.1. The summed E-state index contributed by atoms with van der Waals surface area (Å²) in [6, 6.07) is 4.41. The van der Waals surface area contributed by atoms with Gasteiger partial charge in [-0.25, -0.2) is 0 Å². The minimum absolute atomic E-state index is 1.23. The Bertz CT molecular complexity index is 326. The zero-order valence-electron chi connectivity index (χ0n) is 8.89. The van der Waals surface area contributed by atoms with Gasteiger partial charge >= 0.3 is 0 Å². The fourth-order valence-corrected chi connectivity index (χ4v) is 1.42. The fourth-order valence-electron chi connectivity index (χ4n) is 1.42. The van der Waals surface area contributed by atoms with Crippen LogP contribution in [0.2, 0.25) is 0 Å². The molecule has 1 aromatic rings. The van der Waals surface area contributed by atoms with Crippen molar-refractivity contribution < 1.29 is 0 Å².